The van der Waals surface area contributed by atoms with E-state index in [2.05, 4.69) is 37.0 Å². The number of hydrogen-bond donors (Lipinski definition) is 4. The molecule has 154 valence electrons. The second-order valence-corrected chi connectivity index (χ2v) is 8.35. The highest BCUT2D eigenvalue weighted by Gasteiger charge is 2.21. The number of sulfonamides is 1. The smallest absolute Gasteiger partial charge is 0.238 e. The molecule has 2 aromatic carbocycles. The third-order valence-electron chi connectivity index (χ3n) is 4.76. The van der Waals surface area contributed by atoms with Crippen molar-refractivity contribution in [3.63, 3.8) is 0 Å². The molecule has 0 aliphatic carbocycles. The number of primary sulfonamides is 1. The van der Waals surface area contributed by atoms with Gasteiger partial charge in [-0.3, -0.25) is 0 Å². The molecule has 0 unspecified atom stereocenters. The van der Waals surface area contributed by atoms with Crippen LogP contribution in [-0.2, 0) is 23.0 Å². The van der Waals surface area contributed by atoms with Gasteiger partial charge in [0, 0.05) is 24.5 Å². The summed E-state index contributed by atoms with van der Waals surface area (Å²) in [6.45, 7) is 1.61. The lowest BCUT2D eigenvalue weighted by Gasteiger charge is -2.12. The van der Waals surface area contributed by atoms with Crippen LogP contribution in [0.3, 0.4) is 0 Å². The van der Waals surface area contributed by atoms with E-state index in [1.54, 1.807) is 6.07 Å². The minimum absolute atomic E-state index is 0.0333. The number of tetrazole rings is 1. The van der Waals surface area contributed by atoms with Crippen LogP contribution in [0.2, 0.25) is 0 Å². The highest BCUT2D eigenvalue weighted by Crippen LogP contribution is 2.34. The number of H-pyrrole nitrogens is 2. The van der Waals surface area contributed by atoms with Gasteiger partial charge in [0.2, 0.25) is 10.0 Å². The first-order valence-electron chi connectivity index (χ1n) is 9.34. The Morgan fingerprint density at radius 3 is 2.53 bits per heavy atom. The number of nitrogens with one attached hydrogen (secondary N) is 3. The molecule has 0 saturated carbocycles. The maximum atomic E-state index is 12.1. The Hall–Kier alpha value is -3.34. The molecular weight excluding hydrogens is 402 g/mol. The molecule has 0 atom stereocenters. The fraction of sp³-hybridized carbons (Fsp3) is 0.150. The van der Waals surface area contributed by atoms with Gasteiger partial charge in [-0.25, -0.2) is 18.7 Å². The Labute approximate surface area is 173 Å². The highest BCUT2D eigenvalue weighted by atomic mass is 32.2. The summed E-state index contributed by atoms with van der Waals surface area (Å²) in [5, 5.41) is 22.5. The van der Waals surface area contributed by atoms with Crippen LogP contribution >= 0.6 is 0 Å². The van der Waals surface area contributed by atoms with Gasteiger partial charge in [0.05, 0.1) is 4.90 Å². The number of hydrogen-bond acceptors (Lipinski definition) is 6. The van der Waals surface area contributed by atoms with E-state index in [-0.39, 0.29) is 10.7 Å². The van der Waals surface area contributed by atoms with E-state index < -0.39 is 10.0 Å². The molecule has 30 heavy (non-hydrogen) atoms. The number of nitrogens with zero attached hydrogens (tertiary/aromatic N) is 3. The van der Waals surface area contributed by atoms with Crippen molar-refractivity contribution in [2.45, 2.75) is 17.9 Å². The van der Waals surface area contributed by atoms with E-state index in [9.17, 15) is 8.42 Å². The molecule has 0 spiro atoms. The highest BCUT2D eigenvalue weighted by molar-refractivity contribution is 7.89. The molecule has 0 aliphatic rings. The fourth-order valence-corrected chi connectivity index (χ4v) is 4.06. The zero-order valence-electron chi connectivity index (χ0n) is 16.0. The summed E-state index contributed by atoms with van der Waals surface area (Å²) in [5.41, 5.74) is 4.25. The van der Waals surface area contributed by atoms with E-state index in [4.69, 9.17) is 5.14 Å². The molecule has 0 amide bonds. The van der Waals surface area contributed by atoms with Gasteiger partial charge in [-0.05, 0) is 57.8 Å². The summed E-state index contributed by atoms with van der Waals surface area (Å²) in [6.07, 6.45) is 4.87. The Balaban J connectivity index is 1.55. The third kappa shape index (κ3) is 4.46. The lowest BCUT2D eigenvalue weighted by molar-refractivity contribution is 0.598. The Morgan fingerprint density at radius 1 is 1.03 bits per heavy atom. The Bertz CT molecular complexity index is 1200. The standard InChI is InChI=1S/C20H21N7O2S/c21-30(28,29)18-3-1-2-17(19(18)20-24-26-27-25-20)16-6-4-14(5-7-16)12-22-10-8-15-9-11-23-13-15/h1-7,9,11,13,22-23H,8,10,12H2,(H2,21,28,29)(H,24,25,26,27). The van der Waals surface area contributed by atoms with E-state index in [0.717, 1.165) is 30.6 Å². The normalized spacial score (nSPS) is 11.6. The minimum atomic E-state index is -3.96. The van der Waals surface area contributed by atoms with Gasteiger partial charge in [-0.15, -0.1) is 5.10 Å². The molecule has 0 fully saturated rings. The van der Waals surface area contributed by atoms with Crippen LogP contribution in [-0.4, -0.2) is 40.6 Å². The first-order valence-corrected chi connectivity index (χ1v) is 10.9. The predicted octanol–water partition coefficient (Wildman–Crippen LogP) is 1.84. The molecule has 4 aromatic rings. The van der Waals surface area contributed by atoms with Crippen LogP contribution in [0.15, 0.2) is 65.8 Å². The van der Waals surface area contributed by atoms with Crippen LogP contribution in [0.25, 0.3) is 22.5 Å². The third-order valence-corrected chi connectivity index (χ3v) is 5.72. The summed E-state index contributed by atoms with van der Waals surface area (Å²) in [4.78, 5) is 3.02. The quantitative estimate of drug-likeness (QED) is 0.319. The van der Waals surface area contributed by atoms with Gasteiger partial charge < -0.3 is 10.3 Å². The molecule has 0 aliphatic heterocycles. The maximum absolute atomic E-state index is 12.1. The van der Waals surface area contributed by atoms with Crippen molar-refractivity contribution in [1.29, 1.82) is 0 Å². The molecular formula is C20H21N7O2S. The van der Waals surface area contributed by atoms with Crippen LogP contribution in [0.5, 0.6) is 0 Å². The van der Waals surface area contributed by atoms with Gasteiger partial charge in [0.15, 0.2) is 5.82 Å². The Kier molecular flexibility index (Phi) is 5.70. The largest absolute Gasteiger partial charge is 0.367 e. The molecule has 2 aromatic heterocycles. The van der Waals surface area contributed by atoms with Crippen LogP contribution in [0, 0.1) is 0 Å². The summed E-state index contributed by atoms with van der Waals surface area (Å²) in [6, 6.07) is 14.9. The van der Waals surface area contributed by atoms with Crippen LogP contribution in [0.4, 0.5) is 0 Å². The fourth-order valence-electron chi connectivity index (χ4n) is 3.30. The van der Waals surface area contributed by atoms with Crippen LogP contribution in [0.1, 0.15) is 11.1 Å². The molecule has 0 saturated heterocycles. The average molecular weight is 424 g/mol. The summed E-state index contributed by atoms with van der Waals surface area (Å²) in [7, 11) is -3.96. The topological polar surface area (TPSA) is 142 Å². The van der Waals surface area contributed by atoms with Crippen molar-refractivity contribution >= 4 is 10.0 Å². The molecule has 5 N–H and O–H groups in total. The van der Waals surface area contributed by atoms with Crippen molar-refractivity contribution < 1.29 is 8.42 Å². The first kappa shape index (κ1) is 20.0. The first-order chi connectivity index (χ1) is 14.5. The van der Waals surface area contributed by atoms with Gasteiger partial charge in [-0.2, -0.15) is 0 Å². The number of aromatic amines is 2. The SMILES string of the molecule is NS(=O)(=O)c1cccc(-c2ccc(CNCCc3cc[nH]c3)cc2)c1-c1nnn[nH]1. The molecule has 4 rings (SSSR count). The zero-order chi connectivity index (χ0) is 21.0. The Morgan fingerprint density at radius 2 is 1.87 bits per heavy atom. The van der Waals surface area contributed by atoms with Crippen LogP contribution < -0.4 is 10.5 Å². The number of nitrogens with two attached hydrogens (primary N) is 1. The molecule has 0 radical (unpaired) electrons. The van der Waals surface area contributed by atoms with Crippen molar-refractivity contribution in [3.05, 3.63) is 72.1 Å². The second-order valence-electron chi connectivity index (χ2n) is 6.82. The van der Waals surface area contributed by atoms with Crippen molar-refractivity contribution in [3.8, 4) is 22.5 Å². The average Bonchev–Trinajstić information content (AvgIpc) is 3.45. The second kappa shape index (κ2) is 8.57. The number of aromatic nitrogens is 5. The van der Waals surface area contributed by atoms with Crippen molar-refractivity contribution in [2.75, 3.05) is 6.54 Å². The molecule has 0 bridgehead atoms. The van der Waals surface area contributed by atoms with E-state index in [0.29, 0.717) is 11.1 Å². The lowest BCUT2D eigenvalue weighted by Crippen LogP contribution is -2.16. The monoisotopic (exact) mass is 423 g/mol. The number of benzene rings is 2. The van der Waals surface area contributed by atoms with Gasteiger partial charge in [0.25, 0.3) is 0 Å². The zero-order valence-corrected chi connectivity index (χ0v) is 16.9. The van der Waals surface area contributed by atoms with Gasteiger partial charge >= 0.3 is 0 Å². The van der Waals surface area contributed by atoms with E-state index >= 15 is 0 Å². The summed E-state index contributed by atoms with van der Waals surface area (Å²) in [5.74, 6) is 0.241. The van der Waals surface area contributed by atoms with Gasteiger partial charge in [0.1, 0.15) is 0 Å². The minimum Gasteiger partial charge on any atom is -0.367 e. The van der Waals surface area contributed by atoms with Crippen molar-refractivity contribution in [1.82, 2.24) is 30.9 Å². The predicted molar refractivity (Wildman–Crippen MR) is 113 cm³/mol. The molecule has 2 heterocycles. The lowest BCUT2D eigenvalue weighted by atomic mass is 9.98. The number of rotatable bonds is 8. The van der Waals surface area contributed by atoms with Crippen molar-refractivity contribution in [2.24, 2.45) is 5.14 Å². The van der Waals surface area contributed by atoms with E-state index in [1.165, 1.54) is 11.6 Å². The molecule has 10 heteroatoms. The molecule has 9 nitrogen and oxygen atoms in total. The summed E-state index contributed by atoms with van der Waals surface area (Å²) < 4.78 is 24.2. The van der Waals surface area contributed by atoms with Gasteiger partial charge in [-0.1, -0.05) is 36.4 Å². The van der Waals surface area contributed by atoms with E-state index in [1.807, 2.05) is 42.7 Å². The summed E-state index contributed by atoms with van der Waals surface area (Å²) >= 11 is 0. The maximum Gasteiger partial charge on any atom is 0.238 e.